The third-order valence-corrected chi connectivity index (χ3v) is 6.45. The van der Waals surface area contributed by atoms with E-state index in [-0.39, 0.29) is 65.4 Å². The number of carbonyl (C=O) groups is 4. The molecule has 1 N–H and O–H groups in total. The van der Waals surface area contributed by atoms with Gasteiger partial charge in [0.25, 0.3) is 0 Å². The molecule has 0 bridgehead atoms. The number of hydrogen-bond acceptors (Lipinski definition) is 9. The summed E-state index contributed by atoms with van der Waals surface area (Å²) in [4.78, 5) is 52.4. The minimum absolute atomic E-state index is 0.0488. The van der Waals surface area contributed by atoms with Gasteiger partial charge in [0, 0.05) is 16.7 Å². The monoisotopic (exact) mass is 558 g/mol. The maximum Gasteiger partial charge on any atom is 0.342 e. The van der Waals surface area contributed by atoms with Crippen molar-refractivity contribution in [3.63, 3.8) is 0 Å². The lowest BCUT2D eigenvalue weighted by Crippen LogP contribution is -2.08. The lowest BCUT2D eigenvalue weighted by Gasteiger charge is -2.08. The minimum Gasteiger partial charge on any atom is -0.506 e. The van der Waals surface area contributed by atoms with Crippen LogP contribution in [0.15, 0.2) is 54.6 Å². The molecule has 0 unspecified atom stereocenters. The Labute approximate surface area is 237 Å². The third-order valence-electron chi connectivity index (χ3n) is 6.45. The molecule has 0 saturated carbocycles. The molecule has 0 heterocycles. The van der Waals surface area contributed by atoms with Crippen molar-refractivity contribution in [2.75, 3.05) is 26.4 Å². The first-order chi connectivity index (χ1) is 19.8. The van der Waals surface area contributed by atoms with Crippen molar-refractivity contribution in [1.29, 1.82) is 0 Å². The highest BCUT2D eigenvalue weighted by molar-refractivity contribution is 6.17. The summed E-state index contributed by atoms with van der Waals surface area (Å²) < 4.78 is 21.1. The van der Waals surface area contributed by atoms with Gasteiger partial charge in [0.05, 0.1) is 37.6 Å². The Kier molecular flexibility index (Phi) is 8.87. The molecule has 9 heteroatoms. The lowest BCUT2D eigenvalue weighted by atomic mass is 10.0. The fourth-order valence-corrected chi connectivity index (χ4v) is 4.88. The zero-order valence-electron chi connectivity index (χ0n) is 23.2. The van der Waals surface area contributed by atoms with Gasteiger partial charge in [-0.2, -0.15) is 0 Å². The highest BCUT2D eigenvalue weighted by Gasteiger charge is 2.35. The molecule has 0 radical (unpaired) electrons. The SMILES string of the molecule is CCOC(=O)c1c2ccc(-c3c(C(=O)OCC)c4cccccc-4c3C(=O)OCC)ccc-2c(C(=O)OCC)c1O. The Morgan fingerprint density at radius 1 is 0.512 bits per heavy atom. The molecule has 4 rings (SSSR count). The van der Waals surface area contributed by atoms with Crippen LogP contribution in [0.4, 0.5) is 0 Å². The van der Waals surface area contributed by atoms with Crippen LogP contribution in [0, 0.1) is 0 Å². The Balaban J connectivity index is 2.11. The van der Waals surface area contributed by atoms with E-state index >= 15 is 0 Å². The van der Waals surface area contributed by atoms with Crippen molar-refractivity contribution in [1.82, 2.24) is 0 Å². The summed E-state index contributed by atoms with van der Waals surface area (Å²) in [6.45, 7) is 6.94. The fraction of sp³-hybridized carbons (Fsp3) is 0.250. The molecule has 9 nitrogen and oxygen atoms in total. The Bertz CT molecular complexity index is 1460. The number of ether oxygens (including phenoxy) is 4. The Hall–Kier alpha value is -4.92. The van der Waals surface area contributed by atoms with Gasteiger partial charge in [0.1, 0.15) is 16.9 Å². The van der Waals surface area contributed by atoms with Gasteiger partial charge >= 0.3 is 23.9 Å². The van der Waals surface area contributed by atoms with Crippen molar-refractivity contribution in [2.45, 2.75) is 27.7 Å². The van der Waals surface area contributed by atoms with E-state index in [1.807, 2.05) is 0 Å². The maximum atomic E-state index is 13.4. The van der Waals surface area contributed by atoms with Gasteiger partial charge in [0.15, 0.2) is 0 Å². The smallest absolute Gasteiger partial charge is 0.342 e. The summed E-state index contributed by atoms with van der Waals surface area (Å²) in [6.07, 6.45) is 0. The van der Waals surface area contributed by atoms with Crippen molar-refractivity contribution < 1.29 is 43.2 Å². The summed E-state index contributed by atoms with van der Waals surface area (Å²) in [5.41, 5.74) is 2.10. The van der Waals surface area contributed by atoms with Crippen LogP contribution >= 0.6 is 0 Å². The number of fused-ring (bicyclic) bond motifs is 2. The molecule has 0 aliphatic heterocycles. The van der Waals surface area contributed by atoms with Gasteiger partial charge in [-0.3, -0.25) is 0 Å². The van der Waals surface area contributed by atoms with Crippen LogP contribution in [0.2, 0.25) is 0 Å². The second kappa shape index (κ2) is 12.5. The summed E-state index contributed by atoms with van der Waals surface area (Å²) in [6, 6.07) is 15.0. The average Bonchev–Trinajstić information content (AvgIpc) is 3.15. The predicted octanol–water partition coefficient (Wildman–Crippen LogP) is 5.98. The van der Waals surface area contributed by atoms with Gasteiger partial charge in [-0.1, -0.05) is 54.6 Å². The molecule has 0 aromatic heterocycles. The number of rotatable bonds is 9. The predicted molar refractivity (Wildman–Crippen MR) is 151 cm³/mol. The molecule has 212 valence electrons. The van der Waals surface area contributed by atoms with Crippen LogP contribution in [0.25, 0.3) is 33.4 Å². The molecule has 0 saturated heterocycles. The van der Waals surface area contributed by atoms with E-state index in [1.165, 1.54) is 12.1 Å². The van der Waals surface area contributed by atoms with Crippen molar-refractivity contribution in [2.24, 2.45) is 0 Å². The lowest BCUT2D eigenvalue weighted by molar-refractivity contribution is 0.0508. The van der Waals surface area contributed by atoms with E-state index in [0.717, 1.165) is 0 Å². The Morgan fingerprint density at radius 2 is 0.854 bits per heavy atom. The second-order valence-electron chi connectivity index (χ2n) is 8.79. The van der Waals surface area contributed by atoms with E-state index in [4.69, 9.17) is 18.9 Å². The van der Waals surface area contributed by atoms with Crippen LogP contribution in [0.1, 0.15) is 69.1 Å². The van der Waals surface area contributed by atoms with Crippen LogP contribution in [0.5, 0.6) is 5.75 Å². The number of carbonyl (C=O) groups excluding carboxylic acids is 4. The van der Waals surface area contributed by atoms with Gasteiger partial charge in [-0.15, -0.1) is 0 Å². The largest absolute Gasteiger partial charge is 0.506 e. The zero-order valence-corrected chi connectivity index (χ0v) is 23.2. The highest BCUT2D eigenvalue weighted by Crippen LogP contribution is 2.46. The molecule has 4 aliphatic rings. The molecular formula is C32H30O9. The topological polar surface area (TPSA) is 125 Å². The standard InChI is InChI=1S/C32H30O9/c1-5-38-29(34)24-19-12-10-9-11-13-20(19)25(30(35)39-6-2)23(24)18-14-16-21-22(17-15-18)27(32(37)41-8-4)28(33)26(21)31(36)40-7-3/h9-17,33H,5-8H2,1-4H3. The van der Waals surface area contributed by atoms with E-state index in [9.17, 15) is 24.3 Å². The van der Waals surface area contributed by atoms with Crippen LogP contribution in [-0.2, 0) is 18.9 Å². The van der Waals surface area contributed by atoms with Crippen molar-refractivity contribution in [3.05, 3.63) is 76.9 Å². The maximum absolute atomic E-state index is 13.4. The molecular weight excluding hydrogens is 528 g/mol. The zero-order chi connectivity index (χ0) is 29.7. The molecule has 0 amide bonds. The summed E-state index contributed by atoms with van der Waals surface area (Å²) in [5, 5.41) is 10.9. The quantitative estimate of drug-likeness (QED) is 0.195. The first-order valence-corrected chi connectivity index (χ1v) is 13.3. The summed E-state index contributed by atoms with van der Waals surface area (Å²) >= 11 is 0. The second-order valence-corrected chi connectivity index (χ2v) is 8.79. The third kappa shape index (κ3) is 5.30. The van der Waals surface area contributed by atoms with E-state index in [1.54, 1.807) is 70.2 Å². The molecule has 0 atom stereocenters. The molecule has 0 fully saturated rings. The van der Waals surface area contributed by atoms with E-state index < -0.39 is 29.6 Å². The summed E-state index contributed by atoms with van der Waals surface area (Å²) in [5.74, 6) is -3.43. The first kappa shape index (κ1) is 29.1. The fourth-order valence-electron chi connectivity index (χ4n) is 4.88. The van der Waals surface area contributed by atoms with Crippen molar-refractivity contribution >= 4 is 23.9 Å². The van der Waals surface area contributed by atoms with Crippen molar-refractivity contribution in [3.8, 4) is 39.1 Å². The first-order valence-electron chi connectivity index (χ1n) is 13.3. The van der Waals surface area contributed by atoms with Crippen LogP contribution < -0.4 is 0 Å². The number of aromatic hydroxyl groups is 1. The van der Waals surface area contributed by atoms with Gasteiger partial charge < -0.3 is 24.1 Å². The van der Waals surface area contributed by atoms with Gasteiger partial charge in [0.2, 0.25) is 0 Å². The number of esters is 4. The summed E-state index contributed by atoms with van der Waals surface area (Å²) in [7, 11) is 0. The number of hydrogen-bond donors (Lipinski definition) is 1. The van der Waals surface area contributed by atoms with Crippen LogP contribution in [-0.4, -0.2) is 55.4 Å². The van der Waals surface area contributed by atoms with Crippen LogP contribution in [0.3, 0.4) is 0 Å². The average molecular weight is 559 g/mol. The minimum atomic E-state index is -0.815. The van der Waals surface area contributed by atoms with Gasteiger partial charge in [-0.25, -0.2) is 19.2 Å². The normalized spacial score (nSPS) is 10.8. The van der Waals surface area contributed by atoms with E-state index in [2.05, 4.69) is 0 Å². The molecule has 0 aromatic rings. The van der Waals surface area contributed by atoms with E-state index in [0.29, 0.717) is 16.7 Å². The highest BCUT2D eigenvalue weighted by atomic mass is 16.5. The Morgan fingerprint density at radius 3 is 1.22 bits per heavy atom. The molecule has 0 aromatic carbocycles. The molecule has 4 aliphatic carbocycles. The van der Waals surface area contributed by atoms with Gasteiger partial charge in [-0.05, 0) is 44.4 Å². The molecule has 0 spiro atoms. The molecule has 41 heavy (non-hydrogen) atoms.